The summed E-state index contributed by atoms with van der Waals surface area (Å²) in [5.74, 6) is 0.205. The average Bonchev–Trinajstić information content (AvgIpc) is 3.37. The fourth-order valence-electron chi connectivity index (χ4n) is 4.43. The van der Waals surface area contributed by atoms with Crippen molar-refractivity contribution in [2.45, 2.75) is 32.6 Å². The van der Waals surface area contributed by atoms with E-state index in [4.69, 9.17) is 15.2 Å². The van der Waals surface area contributed by atoms with E-state index in [0.29, 0.717) is 12.0 Å². The number of rotatable bonds is 6. The molecular weight excluding hydrogens is 444 g/mol. The smallest absolute Gasteiger partial charge is 0.0991 e. The molecule has 0 saturated carbocycles. The highest BCUT2D eigenvalue weighted by molar-refractivity contribution is 5.85. The molecule has 0 spiro atoms. The van der Waals surface area contributed by atoms with Gasteiger partial charge < -0.3 is 0 Å². The Morgan fingerprint density at radius 3 is 2.86 bits per heavy atom. The summed E-state index contributed by atoms with van der Waals surface area (Å²) in [5.41, 5.74) is 9.78. The number of hydrogen-bond donors (Lipinski definition) is 1. The number of aliphatic imine (C=N–C) groups is 2. The van der Waals surface area contributed by atoms with Crippen LogP contribution in [-0.4, -0.2) is 27.6 Å². The maximum Gasteiger partial charge on any atom is 0.0991 e. The molecule has 0 radical (unpaired) electrons. The zero-order valence-corrected chi connectivity index (χ0v) is 20.4. The number of nitrogens with zero attached hydrogens (tertiary/aromatic N) is 5. The summed E-state index contributed by atoms with van der Waals surface area (Å²) >= 11 is 0. The normalized spacial score (nSPS) is 15.2. The van der Waals surface area contributed by atoms with Gasteiger partial charge in [-0.05, 0) is 72.9 Å². The SMILES string of the molecule is C=C(Cc1ccc(C#N)cc1)/N=C\C=C(/C)c1cc2c(c(C)n1)N=CC(c1ccc3cn[nH]c3c1)C2. The number of allylic oxidation sites excluding steroid dienone is 3. The van der Waals surface area contributed by atoms with Crippen LogP contribution < -0.4 is 0 Å². The molecule has 1 unspecified atom stereocenters. The van der Waals surface area contributed by atoms with Crippen molar-refractivity contribution in [3.05, 3.63) is 107 Å². The topological polar surface area (TPSA) is 90.1 Å². The first-order valence-electron chi connectivity index (χ1n) is 11.9. The second-order valence-corrected chi connectivity index (χ2v) is 9.09. The predicted octanol–water partition coefficient (Wildman–Crippen LogP) is 6.41. The Balaban J connectivity index is 1.30. The third kappa shape index (κ3) is 4.91. The van der Waals surface area contributed by atoms with Crippen LogP contribution in [0.1, 0.15) is 46.5 Å². The van der Waals surface area contributed by atoms with Crippen molar-refractivity contribution in [3.63, 3.8) is 0 Å². The van der Waals surface area contributed by atoms with E-state index in [1.165, 1.54) is 11.1 Å². The second-order valence-electron chi connectivity index (χ2n) is 9.09. The molecule has 6 heteroatoms. The van der Waals surface area contributed by atoms with E-state index < -0.39 is 0 Å². The van der Waals surface area contributed by atoms with Crippen LogP contribution in [-0.2, 0) is 12.8 Å². The maximum absolute atomic E-state index is 8.93. The van der Waals surface area contributed by atoms with Gasteiger partial charge in [-0.3, -0.25) is 20.1 Å². The van der Waals surface area contributed by atoms with Gasteiger partial charge in [0.2, 0.25) is 0 Å². The van der Waals surface area contributed by atoms with Crippen molar-refractivity contribution in [3.8, 4) is 6.07 Å². The molecule has 0 saturated heterocycles. The fraction of sp³-hybridized carbons (Fsp3) is 0.167. The number of fused-ring (bicyclic) bond motifs is 2. The molecule has 0 aliphatic carbocycles. The van der Waals surface area contributed by atoms with Crippen LogP contribution in [0.25, 0.3) is 16.5 Å². The third-order valence-corrected chi connectivity index (χ3v) is 6.44. The lowest BCUT2D eigenvalue weighted by molar-refractivity contribution is 0.868. The molecule has 0 fully saturated rings. The summed E-state index contributed by atoms with van der Waals surface area (Å²) in [6.07, 6.45) is 9.12. The lowest BCUT2D eigenvalue weighted by Crippen LogP contribution is -2.10. The van der Waals surface area contributed by atoms with Gasteiger partial charge >= 0.3 is 0 Å². The van der Waals surface area contributed by atoms with Gasteiger partial charge in [-0.25, -0.2) is 0 Å². The molecule has 1 aliphatic rings. The Morgan fingerprint density at radius 2 is 2.06 bits per heavy atom. The molecule has 5 rings (SSSR count). The second kappa shape index (κ2) is 9.93. The van der Waals surface area contributed by atoms with Crippen LogP contribution in [0.3, 0.4) is 0 Å². The van der Waals surface area contributed by atoms with Crippen LogP contribution in [0.4, 0.5) is 5.69 Å². The molecule has 0 bridgehead atoms. The Bertz CT molecular complexity index is 1580. The van der Waals surface area contributed by atoms with E-state index in [1.54, 1.807) is 6.21 Å². The van der Waals surface area contributed by atoms with Crippen LogP contribution in [0.5, 0.6) is 0 Å². The number of aryl methyl sites for hydroxylation is 1. The van der Waals surface area contributed by atoms with E-state index in [1.807, 2.05) is 56.6 Å². The number of aromatic amines is 1. The number of H-pyrrole nitrogens is 1. The first-order chi connectivity index (χ1) is 17.5. The fourth-order valence-corrected chi connectivity index (χ4v) is 4.43. The van der Waals surface area contributed by atoms with Gasteiger partial charge in [0.25, 0.3) is 0 Å². The first kappa shape index (κ1) is 23.1. The Kier molecular flexibility index (Phi) is 6.38. The van der Waals surface area contributed by atoms with Gasteiger partial charge in [-0.1, -0.05) is 30.8 Å². The van der Waals surface area contributed by atoms with Gasteiger partial charge in [0.15, 0.2) is 0 Å². The molecule has 1 atom stereocenters. The summed E-state index contributed by atoms with van der Waals surface area (Å²) in [7, 11) is 0. The largest absolute Gasteiger partial charge is 0.278 e. The van der Waals surface area contributed by atoms with Crippen molar-refractivity contribution < 1.29 is 0 Å². The number of aromatic nitrogens is 3. The third-order valence-electron chi connectivity index (χ3n) is 6.44. The summed E-state index contributed by atoms with van der Waals surface area (Å²) < 4.78 is 0. The van der Waals surface area contributed by atoms with E-state index in [-0.39, 0.29) is 5.92 Å². The van der Waals surface area contributed by atoms with Gasteiger partial charge in [0, 0.05) is 35.9 Å². The van der Waals surface area contributed by atoms with Gasteiger partial charge in [-0.15, -0.1) is 0 Å². The van der Waals surface area contributed by atoms with Crippen LogP contribution >= 0.6 is 0 Å². The molecular formula is C30H26N6. The van der Waals surface area contributed by atoms with E-state index in [9.17, 15) is 0 Å². The molecule has 2 aromatic carbocycles. The molecule has 4 aromatic rings. The number of nitrogens with one attached hydrogen (secondary N) is 1. The molecule has 3 heterocycles. The van der Waals surface area contributed by atoms with Crippen molar-refractivity contribution in [2.75, 3.05) is 0 Å². The quantitative estimate of drug-likeness (QED) is 0.330. The average molecular weight is 471 g/mol. The molecule has 176 valence electrons. The molecule has 36 heavy (non-hydrogen) atoms. The van der Waals surface area contributed by atoms with Crippen molar-refractivity contribution in [1.82, 2.24) is 15.2 Å². The minimum absolute atomic E-state index is 0.205. The Hall–Kier alpha value is -4.63. The van der Waals surface area contributed by atoms with Gasteiger partial charge in [0.1, 0.15) is 0 Å². The number of benzene rings is 2. The van der Waals surface area contributed by atoms with E-state index >= 15 is 0 Å². The van der Waals surface area contributed by atoms with Crippen molar-refractivity contribution in [2.24, 2.45) is 9.98 Å². The van der Waals surface area contributed by atoms with Gasteiger partial charge in [0.05, 0.1) is 40.4 Å². The zero-order chi connectivity index (χ0) is 25.1. The molecule has 6 nitrogen and oxygen atoms in total. The van der Waals surface area contributed by atoms with Crippen molar-refractivity contribution >= 4 is 34.6 Å². The standard InChI is InChI=1S/C30H26N6/c1-19(10-11-32-20(2)12-22-4-6-23(16-31)7-5-22)28-15-26-13-27(17-33-30(26)21(3)35-28)24-8-9-25-18-34-36-29(25)14-24/h4-11,14-15,17-18,27H,2,12-13H2,1,3H3,(H,34,36)/b19-10+,32-11-. The van der Waals surface area contributed by atoms with E-state index in [2.05, 4.69) is 52.1 Å². The Morgan fingerprint density at radius 1 is 1.22 bits per heavy atom. The summed E-state index contributed by atoms with van der Waals surface area (Å²) in [6, 6.07) is 18.2. The number of pyridine rings is 1. The summed E-state index contributed by atoms with van der Waals surface area (Å²) in [4.78, 5) is 14.0. The lowest BCUT2D eigenvalue weighted by atomic mass is 9.89. The molecule has 0 amide bonds. The molecule has 1 N–H and O–H groups in total. The monoisotopic (exact) mass is 470 g/mol. The highest BCUT2D eigenvalue weighted by atomic mass is 15.1. The van der Waals surface area contributed by atoms with Crippen LogP contribution in [0, 0.1) is 18.3 Å². The highest BCUT2D eigenvalue weighted by Crippen LogP contribution is 2.35. The minimum atomic E-state index is 0.205. The van der Waals surface area contributed by atoms with Gasteiger partial charge in [-0.2, -0.15) is 10.4 Å². The summed E-state index contributed by atoms with van der Waals surface area (Å²) in [5, 5.41) is 17.2. The minimum Gasteiger partial charge on any atom is -0.278 e. The Labute approximate surface area is 210 Å². The first-order valence-corrected chi connectivity index (χ1v) is 11.9. The lowest BCUT2D eigenvalue weighted by Gasteiger charge is -2.21. The number of hydrogen-bond acceptors (Lipinski definition) is 5. The van der Waals surface area contributed by atoms with Crippen molar-refractivity contribution in [1.29, 1.82) is 5.26 Å². The molecule has 2 aromatic heterocycles. The van der Waals surface area contributed by atoms with Crippen LogP contribution in [0.2, 0.25) is 0 Å². The van der Waals surface area contributed by atoms with E-state index in [0.717, 1.165) is 51.2 Å². The zero-order valence-electron chi connectivity index (χ0n) is 20.4. The summed E-state index contributed by atoms with van der Waals surface area (Å²) in [6.45, 7) is 8.11. The van der Waals surface area contributed by atoms with Crippen LogP contribution in [0.15, 0.2) is 83.1 Å². The maximum atomic E-state index is 8.93. The molecule has 1 aliphatic heterocycles. The predicted molar refractivity (Wildman–Crippen MR) is 146 cm³/mol. The highest BCUT2D eigenvalue weighted by Gasteiger charge is 2.20. The number of nitriles is 1.